The molecule has 1 amide bonds. The molecule has 2 saturated heterocycles. The molecule has 0 spiro atoms. The Kier molecular flexibility index (Phi) is 6.68. The normalized spacial score (nSPS) is 17.9. The maximum absolute atomic E-state index is 12.1. The maximum atomic E-state index is 12.1. The number of amides is 1. The van der Waals surface area contributed by atoms with Gasteiger partial charge in [0.05, 0.1) is 29.8 Å². The van der Waals surface area contributed by atoms with Crippen molar-refractivity contribution in [1.82, 2.24) is 25.2 Å². The second-order valence-corrected chi connectivity index (χ2v) is 9.49. The fourth-order valence-electron chi connectivity index (χ4n) is 3.75. The van der Waals surface area contributed by atoms with Crippen LogP contribution in [0.1, 0.15) is 5.56 Å². The van der Waals surface area contributed by atoms with E-state index in [1.165, 1.54) is 11.8 Å². The molecule has 2 aromatic heterocycles. The lowest BCUT2D eigenvalue weighted by molar-refractivity contribution is -0.115. The minimum Gasteiger partial charge on any atom is -0.492 e. The van der Waals surface area contributed by atoms with Crippen molar-refractivity contribution >= 4 is 57.3 Å². The molecule has 9 nitrogen and oxygen atoms in total. The van der Waals surface area contributed by atoms with E-state index >= 15 is 0 Å². The average molecular weight is 495 g/mol. The molecule has 0 atom stereocenters. The Morgan fingerprint density at radius 1 is 1.21 bits per heavy atom. The first kappa shape index (κ1) is 22.7. The van der Waals surface area contributed by atoms with Crippen LogP contribution in [-0.4, -0.2) is 69.5 Å². The van der Waals surface area contributed by atoms with Crippen LogP contribution < -0.4 is 15.8 Å². The Hall–Kier alpha value is -3.12. The number of thioether (sulfide) groups is 1. The largest absolute Gasteiger partial charge is 0.492 e. The Bertz CT molecular complexity index is 1290. The number of hydrogen-bond acceptors (Lipinski definition) is 10. The van der Waals surface area contributed by atoms with Gasteiger partial charge in [0.1, 0.15) is 22.2 Å². The van der Waals surface area contributed by atoms with Crippen LogP contribution in [0.4, 0.5) is 5.95 Å². The Morgan fingerprint density at radius 3 is 2.85 bits per heavy atom. The number of nitrogens with two attached hydrogens (primary N) is 1. The van der Waals surface area contributed by atoms with Crippen molar-refractivity contribution in [3.8, 4) is 16.9 Å². The number of nitrogens with zero attached hydrogens (tertiary/aromatic N) is 4. The van der Waals surface area contributed by atoms with Crippen molar-refractivity contribution in [3.63, 3.8) is 0 Å². The summed E-state index contributed by atoms with van der Waals surface area (Å²) in [7, 11) is 0. The number of carbonyl (C=O) groups excluding carboxylic acids is 1. The van der Waals surface area contributed by atoms with Crippen LogP contribution >= 0.6 is 24.0 Å². The van der Waals surface area contributed by atoms with Crippen molar-refractivity contribution in [2.75, 3.05) is 45.2 Å². The molecule has 2 fully saturated rings. The Labute approximate surface area is 205 Å². The van der Waals surface area contributed by atoms with Gasteiger partial charge in [0.2, 0.25) is 5.95 Å². The van der Waals surface area contributed by atoms with Gasteiger partial charge in [-0.3, -0.25) is 14.7 Å². The van der Waals surface area contributed by atoms with Crippen LogP contribution in [0.3, 0.4) is 0 Å². The lowest BCUT2D eigenvalue weighted by Crippen LogP contribution is -2.38. The van der Waals surface area contributed by atoms with Crippen molar-refractivity contribution in [1.29, 1.82) is 0 Å². The summed E-state index contributed by atoms with van der Waals surface area (Å²) in [5, 5.41) is 2.64. The number of carbonyl (C=O) groups is 1. The van der Waals surface area contributed by atoms with E-state index in [9.17, 15) is 4.79 Å². The molecule has 174 valence electrons. The summed E-state index contributed by atoms with van der Waals surface area (Å²) in [5.74, 6) is 0.715. The number of nitrogens with one attached hydrogen (secondary N) is 1. The zero-order valence-electron chi connectivity index (χ0n) is 18.2. The van der Waals surface area contributed by atoms with E-state index < -0.39 is 0 Å². The van der Waals surface area contributed by atoms with Crippen LogP contribution in [0.5, 0.6) is 5.75 Å². The molecular formula is C23H22N6O3S2. The van der Waals surface area contributed by atoms with Crippen molar-refractivity contribution < 1.29 is 14.3 Å². The summed E-state index contributed by atoms with van der Waals surface area (Å²) in [6.45, 7) is 4.65. The van der Waals surface area contributed by atoms with Crippen molar-refractivity contribution in [2.24, 2.45) is 0 Å². The summed E-state index contributed by atoms with van der Waals surface area (Å²) in [6.07, 6.45) is 5.17. The summed E-state index contributed by atoms with van der Waals surface area (Å²) >= 11 is 6.35. The van der Waals surface area contributed by atoms with E-state index in [4.69, 9.17) is 27.4 Å². The number of thiocarbonyl (C=S) groups is 1. The number of rotatable bonds is 6. The summed E-state index contributed by atoms with van der Waals surface area (Å²) in [5.41, 5.74) is 9.58. The first-order chi connectivity index (χ1) is 16.5. The number of morpholine rings is 1. The third kappa shape index (κ3) is 5.17. The van der Waals surface area contributed by atoms with Gasteiger partial charge in [0.15, 0.2) is 0 Å². The highest BCUT2D eigenvalue weighted by Gasteiger charge is 2.22. The van der Waals surface area contributed by atoms with Gasteiger partial charge in [-0.1, -0.05) is 30.0 Å². The third-order valence-electron chi connectivity index (χ3n) is 5.47. The molecule has 5 rings (SSSR count). The van der Waals surface area contributed by atoms with Crippen LogP contribution in [0.25, 0.3) is 28.2 Å². The standard InChI is InChI=1S/C23H22N6O3S2/c24-22-26-13-18-17(27-22)11-15(12-25-18)16-9-14(10-20-21(30)28-23(33)34-20)1-2-19(16)32-8-5-29-3-6-31-7-4-29/h1-2,9-13H,3-8H2,(H2,24,26,27)(H,28,30,33)/b20-10-. The van der Waals surface area contributed by atoms with Crippen molar-refractivity contribution in [3.05, 3.63) is 47.1 Å². The summed E-state index contributed by atoms with van der Waals surface area (Å²) in [4.78, 5) is 27.8. The first-order valence-electron chi connectivity index (χ1n) is 10.8. The number of ether oxygens (including phenoxy) is 2. The lowest BCUT2D eigenvalue weighted by atomic mass is 10.0. The summed E-state index contributed by atoms with van der Waals surface area (Å²) in [6, 6.07) is 7.72. The molecule has 2 aliphatic rings. The first-order valence-corrected chi connectivity index (χ1v) is 12.0. The molecular weight excluding hydrogens is 472 g/mol. The third-order valence-corrected chi connectivity index (χ3v) is 6.64. The van der Waals surface area contributed by atoms with Gasteiger partial charge in [-0.15, -0.1) is 0 Å². The van der Waals surface area contributed by atoms with Gasteiger partial charge in [0.25, 0.3) is 5.91 Å². The molecule has 34 heavy (non-hydrogen) atoms. The molecule has 4 heterocycles. The number of nitrogen functional groups attached to an aromatic ring is 1. The Balaban J connectivity index is 1.47. The number of fused-ring (bicyclic) bond motifs is 1. The molecule has 0 saturated carbocycles. The zero-order chi connectivity index (χ0) is 23.5. The van der Waals surface area contributed by atoms with Gasteiger partial charge in [-0.05, 0) is 29.8 Å². The SMILES string of the molecule is Nc1ncc2ncc(-c3cc(/C=C4\SC(=S)NC4=O)ccc3OCCN3CCOCC3)cc2n1. The van der Waals surface area contributed by atoms with Gasteiger partial charge < -0.3 is 20.5 Å². The van der Waals surface area contributed by atoms with Crippen LogP contribution in [0.2, 0.25) is 0 Å². The predicted molar refractivity (Wildman–Crippen MR) is 136 cm³/mol. The molecule has 11 heteroatoms. The van der Waals surface area contributed by atoms with Gasteiger partial charge in [0, 0.05) is 37.0 Å². The Morgan fingerprint density at radius 2 is 2.06 bits per heavy atom. The summed E-state index contributed by atoms with van der Waals surface area (Å²) < 4.78 is 12.1. The minimum absolute atomic E-state index is 0.187. The topological polar surface area (TPSA) is 115 Å². The highest BCUT2D eigenvalue weighted by Crippen LogP contribution is 2.34. The molecule has 0 aliphatic carbocycles. The molecule has 3 aromatic rings. The van der Waals surface area contributed by atoms with E-state index in [0.29, 0.717) is 26.9 Å². The quantitative estimate of drug-likeness (QED) is 0.391. The number of hydrogen-bond donors (Lipinski definition) is 2. The van der Waals surface area contributed by atoms with Crippen LogP contribution in [-0.2, 0) is 9.53 Å². The number of anilines is 1. The molecule has 0 unspecified atom stereocenters. The van der Waals surface area contributed by atoms with E-state index in [1.54, 1.807) is 12.4 Å². The number of pyridine rings is 1. The van der Waals surface area contributed by atoms with Crippen molar-refractivity contribution in [2.45, 2.75) is 0 Å². The maximum Gasteiger partial charge on any atom is 0.263 e. The number of aromatic nitrogens is 3. The predicted octanol–water partition coefficient (Wildman–Crippen LogP) is 2.47. The highest BCUT2D eigenvalue weighted by molar-refractivity contribution is 8.26. The molecule has 2 aliphatic heterocycles. The second kappa shape index (κ2) is 10.0. The van der Waals surface area contributed by atoms with Gasteiger partial charge in [-0.25, -0.2) is 9.97 Å². The smallest absolute Gasteiger partial charge is 0.263 e. The fourth-order valence-corrected chi connectivity index (χ4v) is 4.79. The van der Waals surface area contributed by atoms with Crippen LogP contribution in [0, 0.1) is 0 Å². The van der Waals surface area contributed by atoms with E-state index in [2.05, 4.69) is 25.2 Å². The second-order valence-electron chi connectivity index (χ2n) is 7.77. The van der Waals surface area contributed by atoms with Crippen LogP contribution in [0.15, 0.2) is 41.6 Å². The highest BCUT2D eigenvalue weighted by atomic mass is 32.2. The molecule has 3 N–H and O–H groups in total. The van der Waals surface area contributed by atoms with Gasteiger partial charge >= 0.3 is 0 Å². The fraction of sp³-hybridized carbons (Fsp3) is 0.261. The van der Waals surface area contributed by atoms with E-state index in [0.717, 1.165) is 55.3 Å². The average Bonchev–Trinajstić information content (AvgIpc) is 3.16. The monoisotopic (exact) mass is 494 g/mol. The lowest BCUT2D eigenvalue weighted by Gasteiger charge is -2.26. The zero-order valence-corrected chi connectivity index (χ0v) is 19.8. The van der Waals surface area contributed by atoms with E-state index in [-0.39, 0.29) is 11.9 Å². The molecule has 0 radical (unpaired) electrons. The molecule has 0 bridgehead atoms. The number of benzene rings is 1. The minimum atomic E-state index is -0.193. The molecule has 1 aromatic carbocycles. The van der Waals surface area contributed by atoms with E-state index in [1.807, 2.05) is 30.3 Å². The van der Waals surface area contributed by atoms with Gasteiger partial charge in [-0.2, -0.15) is 0 Å².